The number of nitrogens with zero attached hydrogens (tertiary/aromatic N) is 1. The highest BCUT2D eigenvalue weighted by atomic mass is 16.5. The van der Waals surface area contributed by atoms with Crippen molar-refractivity contribution in [3.05, 3.63) is 0 Å². The maximum Gasteiger partial charge on any atom is 0.317 e. The number of Topliss-reactive ketones (excluding diaryl/α,β-unsaturated/α-hetero) is 1. The third-order valence-electron chi connectivity index (χ3n) is 3.52. The standard InChI is InChI=1S/C10H15NO3/c1-11-6-3-4-7(11)9(8(12)5-6)10(13)14-2/h6-7,9H,3-5H2,1-2H3/t6-,7+,9+/m0/s1. The predicted octanol–water partition coefficient (Wildman–Crippen LogP) is 0.211. The third-order valence-corrected chi connectivity index (χ3v) is 3.52. The molecule has 2 rings (SSSR count). The van der Waals surface area contributed by atoms with Crippen LogP contribution in [0.25, 0.3) is 0 Å². The van der Waals surface area contributed by atoms with E-state index in [1.165, 1.54) is 7.11 Å². The molecule has 2 fully saturated rings. The minimum absolute atomic E-state index is 0.0578. The van der Waals surface area contributed by atoms with Crippen molar-refractivity contribution in [1.82, 2.24) is 4.90 Å². The van der Waals surface area contributed by atoms with E-state index in [1.807, 2.05) is 7.05 Å². The van der Waals surface area contributed by atoms with E-state index in [0.29, 0.717) is 12.5 Å². The van der Waals surface area contributed by atoms with Crippen LogP contribution in [0.3, 0.4) is 0 Å². The second-order valence-electron chi connectivity index (χ2n) is 4.14. The van der Waals surface area contributed by atoms with E-state index < -0.39 is 5.92 Å². The van der Waals surface area contributed by atoms with Crippen molar-refractivity contribution in [1.29, 1.82) is 0 Å². The van der Waals surface area contributed by atoms with Crippen molar-refractivity contribution in [3.8, 4) is 0 Å². The minimum Gasteiger partial charge on any atom is -0.468 e. The lowest BCUT2D eigenvalue weighted by Gasteiger charge is -2.34. The summed E-state index contributed by atoms with van der Waals surface area (Å²) < 4.78 is 4.67. The fraction of sp³-hybridized carbons (Fsp3) is 0.800. The third kappa shape index (κ3) is 1.25. The van der Waals surface area contributed by atoms with Crippen LogP contribution in [0.4, 0.5) is 0 Å². The molecule has 2 bridgehead atoms. The van der Waals surface area contributed by atoms with E-state index in [1.54, 1.807) is 0 Å². The Hall–Kier alpha value is -0.900. The van der Waals surface area contributed by atoms with Gasteiger partial charge < -0.3 is 4.74 Å². The smallest absolute Gasteiger partial charge is 0.317 e. The molecule has 0 aromatic rings. The molecule has 78 valence electrons. The Balaban J connectivity index is 2.22. The molecule has 14 heavy (non-hydrogen) atoms. The van der Waals surface area contributed by atoms with Crippen LogP contribution >= 0.6 is 0 Å². The maximum absolute atomic E-state index is 11.7. The second-order valence-corrected chi connectivity index (χ2v) is 4.14. The Kier molecular flexibility index (Phi) is 2.31. The summed E-state index contributed by atoms with van der Waals surface area (Å²) in [6.45, 7) is 0. The molecule has 0 aromatic carbocycles. The Morgan fingerprint density at radius 2 is 2.21 bits per heavy atom. The van der Waals surface area contributed by atoms with Gasteiger partial charge in [-0.3, -0.25) is 14.5 Å². The van der Waals surface area contributed by atoms with Gasteiger partial charge in [0.15, 0.2) is 0 Å². The zero-order valence-corrected chi connectivity index (χ0v) is 8.53. The zero-order chi connectivity index (χ0) is 10.3. The number of rotatable bonds is 1. The topological polar surface area (TPSA) is 46.6 Å². The Morgan fingerprint density at radius 3 is 2.86 bits per heavy atom. The lowest BCUT2D eigenvalue weighted by molar-refractivity contribution is -0.154. The lowest BCUT2D eigenvalue weighted by Crippen LogP contribution is -2.50. The number of piperidine rings is 1. The molecule has 0 spiro atoms. The molecular formula is C10H15NO3. The summed E-state index contributed by atoms with van der Waals surface area (Å²) in [6, 6.07) is 0.433. The summed E-state index contributed by atoms with van der Waals surface area (Å²) in [5.41, 5.74) is 0. The van der Waals surface area contributed by atoms with E-state index in [-0.39, 0.29) is 17.8 Å². The van der Waals surface area contributed by atoms with E-state index in [0.717, 1.165) is 12.8 Å². The van der Waals surface area contributed by atoms with Crippen LogP contribution in [0, 0.1) is 5.92 Å². The molecule has 0 amide bonds. The molecule has 2 heterocycles. The monoisotopic (exact) mass is 197 g/mol. The van der Waals surface area contributed by atoms with Gasteiger partial charge in [0, 0.05) is 18.5 Å². The van der Waals surface area contributed by atoms with Gasteiger partial charge in [-0.25, -0.2) is 0 Å². The molecule has 2 aliphatic heterocycles. The van der Waals surface area contributed by atoms with Crippen LogP contribution in [0.2, 0.25) is 0 Å². The van der Waals surface area contributed by atoms with Gasteiger partial charge in [-0.15, -0.1) is 0 Å². The number of methoxy groups -OCH3 is 1. The Labute approximate surface area is 83.2 Å². The molecule has 0 unspecified atom stereocenters. The molecule has 4 nitrogen and oxygen atoms in total. The predicted molar refractivity (Wildman–Crippen MR) is 49.7 cm³/mol. The normalized spacial score (nSPS) is 37.3. The number of hydrogen-bond acceptors (Lipinski definition) is 4. The van der Waals surface area contributed by atoms with Crippen molar-refractivity contribution in [2.45, 2.75) is 31.3 Å². The van der Waals surface area contributed by atoms with E-state index in [9.17, 15) is 9.59 Å². The van der Waals surface area contributed by atoms with Crippen molar-refractivity contribution >= 4 is 11.8 Å². The Bertz CT molecular complexity index is 277. The highest BCUT2D eigenvalue weighted by Gasteiger charge is 2.48. The molecule has 4 heteroatoms. The van der Waals surface area contributed by atoms with Crippen molar-refractivity contribution in [3.63, 3.8) is 0 Å². The van der Waals surface area contributed by atoms with Crippen molar-refractivity contribution in [2.75, 3.05) is 14.2 Å². The number of esters is 1. The van der Waals surface area contributed by atoms with Gasteiger partial charge in [0.05, 0.1) is 7.11 Å². The summed E-state index contributed by atoms with van der Waals surface area (Å²) in [7, 11) is 3.33. The van der Waals surface area contributed by atoms with Crippen LogP contribution in [0.1, 0.15) is 19.3 Å². The molecule has 3 atom stereocenters. The fourth-order valence-corrected chi connectivity index (χ4v) is 2.68. The fourth-order valence-electron chi connectivity index (χ4n) is 2.68. The number of hydrogen-bond donors (Lipinski definition) is 0. The molecule has 2 saturated heterocycles. The summed E-state index contributed by atoms with van der Waals surface area (Å²) in [6.07, 6.45) is 2.47. The molecular weight excluding hydrogens is 182 g/mol. The molecule has 0 N–H and O–H groups in total. The van der Waals surface area contributed by atoms with Crippen molar-refractivity contribution < 1.29 is 14.3 Å². The second kappa shape index (κ2) is 3.35. The molecule has 0 radical (unpaired) electrons. The summed E-state index contributed by atoms with van der Waals surface area (Å²) in [5, 5.41) is 0. The van der Waals surface area contributed by atoms with Crippen LogP contribution in [0.15, 0.2) is 0 Å². The number of ketones is 1. The minimum atomic E-state index is -0.538. The SMILES string of the molecule is COC(=O)[C@H]1C(=O)C[C@@H]2CC[C@H]1N2C. The number of fused-ring (bicyclic) bond motifs is 2. The summed E-state index contributed by atoms with van der Waals surface area (Å²) in [5.74, 6) is -0.849. The summed E-state index contributed by atoms with van der Waals surface area (Å²) >= 11 is 0. The average Bonchev–Trinajstić information content (AvgIpc) is 2.42. The number of carbonyl (C=O) groups excluding carboxylic acids is 2. The van der Waals surface area contributed by atoms with Crippen molar-refractivity contribution in [2.24, 2.45) is 5.92 Å². The average molecular weight is 197 g/mol. The molecule has 0 aromatic heterocycles. The first-order valence-corrected chi connectivity index (χ1v) is 4.97. The highest BCUT2D eigenvalue weighted by Crippen LogP contribution is 2.36. The first-order chi connectivity index (χ1) is 6.65. The summed E-state index contributed by atoms with van der Waals surface area (Å²) in [4.78, 5) is 25.3. The van der Waals surface area contributed by atoms with Crippen LogP contribution in [0.5, 0.6) is 0 Å². The maximum atomic E-state index is 11.7. The number of carbonyl (C=O) groups is 2. The van der Waals surface area contributed by atoms with Gasteiger partial charge in [-0.1, -0.05) is 0 Å². The van der Waals surface area contributed by atoms with Crippen LogP contribution in [-0.2, 0) is 14.3 Å². The van der Waals surface area contributed by atoms with E-state index in [4.69, 9.17) is 0 Å². The zero-order valence-electron chi connectivity index (χ0n) is 8.53. The first-order valence-electron chi connectivity index (χ1n) is 4.97. The van der Waals surface area contributed by atoms with E-state index in [2.05, 4.69) is 9.64 Å². The van der Waals surface area contributed by atoms with Gasteiger partial charge in [-0.05, 0) is 19.9 Å². The molecule has 0 saturated carbocycles. The van der Waals surface area contributed by atoms with Gasteiger partial charge in [0.1, 0.15) is 11.7 Å². The van der Waals surface area contributed by atoms with Crippen LogP contribution < -0.4 is 0 Å². The Morgan fingerprint density at radius 1 is 1.50 bits per heavy atom. The van der Waals surface area contributed by atoms with E-state index >= 15 is 0 Å². The van der Waals surface area contributed by atoms with Crippen LogP contribution in [-0.4, -0.2) is 42.9 Å². The van der Waals surface area contributed by atoms with Gasteiger partial charge in [0.2, 0.25) is 0 Å². The molecule has 2 aliphatic rings. The van der Waals surface area contributed by atoms with Gasteiger partial charge in [-0.2, -0.15) is 0 Å². The largest absolute Gasteiger partial charge is 0.468 e. The quantitative estimate of drug-likeness (QED) is 0.445. The molecule has 0 aliphatic carbocycles. The van der Waals surface area contributed by atoms with Gasteiger partial charge >= 0.3 is 5.97 Å². The first kappa shape index (κ1) is 9.65. The number of ether oxygens (including phenoxy) is 1. The van der Waals surface area contributed by atoms with Gasteiger partial charge in [0.25, 0.3) is 0 Å². The highest BCUT2D eigenvalue weighted by molar-refractivity contribution is 6.00. The lowest BCUT2D eigenvalue weighted by atomic mass is 9.89.